The lowest BCUT2D eigenvalue weighted by atomic mass is 10.1. The van der Waals surface area contributed by atoms with Crippen LogP contribution >= 0.6 is 11.6 Å². The van der Waals surface area contributed by atoms with Crippen LogP contribution in [0.3, 0.4) is 0 Å². The van der Waals surface area contributed by atoms with Crippen molar-refractivity contribution in [3.05, 3.63) is 76.3 Å². The number of aryl methyl sites for hydroxylation is 3. The summed E-state index contributed by atoms with van der Waals surface area (Å²) < 4.78 is 11.5. The summed E-state index contributed by atoms with van der Waals surface area (Å²) in [7, 11) is 0. The van der Waals surface area contributed by atoms with Crippen molar-refractivity contribution in [1.82, 2.24) is 4.98 Å². The van der Waals surface area contributed by atoms with Gasteiger partial charge in [-0.1, -0.05) is 28.8 Å². The molecule has 4 aromatic rings. The van der Waals surface area contributed by atoms with Crippen molar-refractivity contribution in [2.75, 3.05) is 11.9 Å². The highest BCUT2D eigenvalue weighted by Gasteiger charge is 2.11. The van der Waals surface area contributed by atoms with Gasteiger partial charge in [-0.2, -0.15) is 0 Å². The number of halogens is 1. The molecule has 152 valence electrons. The minimum atomic E-state index is -0.262. The largest absolute Gasteiger partial charge is 0.483 e. The van der Waals surface area contributed by atoms with Gasteiger partial charge in [0.2, 0.25) is 5.89 Å². The zero-order chi connectivity index (χ0) is 21.3. The molecule has 0 saturated carbocycles. The number of carbonyl (C=O) groups excluding carboxylic acids is 1. The molecule has 6 heteroatoms. The molecule has 3 aromatic carbocycles. The zero-order valence-electron chi connectivity index (χ0n) is 17.0. The minimum Gasteiger partial charge on any atom is -0.483 e. The Kier molecular flexibility index (Phi) is 5.46. The van der Waals surface area contributed by atoms with E-state index in [4.69, 9.17) is 20.8 Å². The predicted molar refractivity (Wildman–Crippen MR) is 119 cm³/mol. The first-order chi connectivity index (χ1) is 14.4. The summed E-state index contributed by atoms with van der Waals surface area (Å²) in [5, 5.41) is 3.46. The minimum absolute atomic E-state index is 0.104. The van der Waals surface area contributed by atoms with E-state index in [1.807, 2.05) is 32.9 Å². The van der Waals surface area contributed by atoms with Gasteiger partial charge in [0.25, 0.3) is 5.91 Å². The SMILES string of the molecule is Cc1cc(C)cc(-c2nc3cc(NC(=O)COc4ccc(Cl)cc4C)ccc3o2)c1. The average molecular weight is 421 g/mol. The van der Waals surface area contributed by atoms with Crippen LogP contribution in [0.4, 0.5) is 5.69 Å². The highest BCUT2D eigenvalue weighted by molar-refractivity contribution is 6.30. The number of nitrogens with zero attached hydrogens (tertiary/aromatic N) is 1. The summed E-state index contributed by atoms with van der Waals surface area (Å²) in [6.45, 7) is 5.86. The average Bonchev–Trinajstić information content (AvgIpc) is 3.10. The van der Waals surface area contributed by atoms with Crippen LogP contribution in [-0.2, 0) is 4.79 Å². The lowest BCUT2D eigenvalue weighted by molar-refractivity contribution is -0.118. The predicted octanol–water partition coefficient (Wildman–Crippen LogP) is 6.09. The van der Waals surface area contributed by atoms with Crippen LogP contribution in [0.15, 0.2) is 59.0 Å². The third-order valence-electron chi connectivity index (χ3n) is 4.64. The van der Waals surface area contributed by atoms with Gasteiger partial charge in [-0.15, -0.1) is 0 Å². The number of anilines is 1. The smallest absolute Gasteiger partial charge is 0.262 e. The molecule has 1 heterocycles. The Bertz CT molecular complexity index is 1230. The first kappa shape index (κ1) is 20.0. The molecule has 0 radical (unpaired) electrons. The molecule has 0 aliphatic carbocycles. The van der Waals surface area contributed by atoms with Crippen LogP contribution in [0, 0.1) is 20.8 Å². The van der Waals surface area contributed by atoms with E-state index >= 15 is 0 Å². The van der Waals surface area contributed by atoms with Crippen molar-refractivity contribution >= 4 is 34.3 Å². The maximum atomic E-state index is 12.3. The molecule has 1 amide bonds. The number of nitrogens with one attached hydrogen (secondary N) is 1. The Morgan fingerprint density at radius 1 is 1.03 bits per heavy atom. The summed E-state index contributed by atoms with van der Waals surface area (Å²) in [5.41, 5.74) is 6.07. The second-order valence-corrected chi connectivity index (χ2v) is 7.76. The summed E-state index contributed by atoms with van der Waals surface area (Å²) in [6.07, 6.45) is 0. The molecule has 0 fully saturated rings. The number of oxazole rings is 1. The van der Waals surface area contributed by atoms with Crippen molar-refractivity contribution in [3.63, 3.8) is 0 Å². The number of hydrogen-bond donors (Lipinski definition) is 1. The summed E-state index contributed by atoms with van der Waals surface area (Å²) in [5.74, 6) is 0.920. The number of aromatic nitrogens is 1. The van der Waals surface area contributed by atoms with Crippen molar-refractivity contribution in [3.8, 4) is 17.2 Å². The second kappa shape index (κ2) is 8.20. The van der Waals surface area contributed by atoms with Crippen molar-refractivity contribution in [2.24, 2.45) is 0 Å². The van der Waals surface area contributed by atoms with E-state index < -0.39 is 0 Å². The molecular formula is C24H21ClN2O3. The maximum Gasteiger partial charge on any atom is 0.262 e. The van der Waals surface area contributed by atoms with Crippen LogP contribution < -0.4 is 10.1 Å². The number of fused-ring (bicyclic) bond motifs is 1. The molecule has 0 spiro atoms. The second-order valence-electron chi connectivity index (χ2n) is 7.32. The van der Waals surface area contributed by atoms with Crippen molar-refractivity contribution in [2.45, 2.75) is 20.8 Å². The topological polar surface area (TPSA) is 64.4 Å². The highest BCUT2D eigenvalue weighted by atomic mass is 35.5. The van der Waals surface area contributed by atoms with Crippen LogP contribution in [0.2, 0.25) is 5.02 Å². The fourth-order valence-electron chi connectivity index (χ4n) is 3.34. The summed E-state index contributed by atoms with van der Waals surface area (Å²) in [4.78, 5) is 16.9. The van der Waals surface area contributed by atoms with Crippen molar-refractivity contribution < 1.29 is 13.9 Å². The Hall–Kier alpha value is -3.31. The first-order valence-electron chi connectivity index (χ1n) is 9.55. The van der Waals surface area contributed by atoms with Crippen LogP contribution in [0.25, 0.3) is 22.6 Å². The number of rotatable bonds is 5. The third-order valence-corrected chi connectivity index (χ3v) is 4.87. The van der Waals surface area contributed by atoms with E-state index in [1.54, 1.807) is 36.4 Å². The number of hydrogen-bond acceptors (Lipinski definition) is 4. The number of amides is 1. The van der Waals surface area contributed by atoms with Gasteiger partial charge in [-0.05, 0) is 74.9 Å². The Labute approximate surface area is 179 Å². The maximum absolute atomic E-state index is 12.3. The third kappa shape index (κ3) is 4.47. The van der Waals surface area contributed by atoms with Gasteiger partial charge in [0.15, 0.2) is 12.2 Å². The molecule has 0 bridgehead atoms. The number of benzene rings is 3. The van der Waals surface area contributed by atoms with Crippen LogP contribution in [0.1, 0.15) is 16.7 Å². The lowest BCUT2D eigenvalue weighted by Crippen LogP contribution is -2.20. The van der Waals surface area contributed by atoms with Gasteiger partial charge in [0, 0.05) is 16.3 Å². The normalized spacial score (nSPS) is 10.9. The molecule has 0 aliphatic heterocycles. The van der Waals surface area contributed by atoms with E-state index in [1.165, 1.54) is 0 Å². The van der Waals surface area contributed by atoms with Gasteiger partial charge in [0.05, 0.1) is 0 Å². The highest BCUT2D eigenvalue weighted by Crippen LogP contribution is 2.28. The standard InChI is InChI=1S/C24H21ClN2O3/c1-14-8-15(2)10-17(9-14)24-27-20-12-19(5-7-22(20)30-24)26-23(28)13-29-21-6-4-18(25)11-16(21)3/h4-12H,13H2,1-3H3,(H,26,28). The monoisotopic (exact) mass is 420 g/mol. The summed E-state index contributed by atoms with van der Waals surface area (Å²) >= 11 is 5.94. The Morgan fingerprint density at radius 2 is 1.80 bits per heavy atom. The molecule has 0 aliphatic rings. The quantitative estimate of drug-likeness (QED) is 0.424. The van der Waals surface area contributed by atoms with Crippen LogP contribution in [0.5, 0.6) is 5.75 Å². The van der Waals surface area contributed by atoms with Gasteiger partial charge < -0.3 is 14.5 Å². The lowest BCUT2D eigenvalue weighted by Gasteiger charge is -2.09. The van der Waals surface area contributed by atoms with E-state index in [9.17, 15) is 4.79 Å². The molecule has 1 N–H and O–H groups in total. The van der Waals surface area contributed by atoms with Crippen molar-refractivity contribution in [1.29, 1.82) is 0 Å². The van der Waals surface area contributed by atoms with Gasteiger partial charge >= 0.3 is 0 Å². The molecule has 5 nitrogen and oxygen atoms in total. The molecule has 30 heavy (non-hydrogen) atoms. The number of carbonyl (C=O) groups is 1. The zero-order valence-corrected chi connectivity index (χ0v) is 17.7. The first-order valence-corrected chi connectivity index (χ1v) is 9.93. The van der Waals surface area contributed by atoms with Crippen LogP contribution in [-0.4, -0.2) is 17.5 Å². The molecule has 1 aromatic heterocycles. The fourth-order valence-corrected chi connectivity index (χ4v) is 3.57. The van der Waals surface area contributed by atoms with Gasteiger partial charge in [-0.3, -0.25) is 4.79 Å². The molecule has 0 saturated heterocycles. The van der Waals surface area contributed by atoms with E-state index in [0.717, 1.165) is 22.3 Å². The Balaban J connectivity index is 1.47. The summed E-state index contributed by atoms with van der Waals surface area (Å²) in [6, 6.07) is 16.8. The molecular weight excluding hydrogens is 400 g/mol. The van der Waals surface area contributed by atoms with E-state index in [2.05, 4.69) is 16.4 Å². The van der Waals surface area contributed by atoms with Gasteiger partial charge in [-0.25, -0.2) is 4.98 Å². The molecule has 0 atom stereocenters. The molecule has 4 rings (SSSR count). The van der Waals surface area contributed by atoms with Gasteiger partial charge in [0.1, 0.15) is 11.3 Å². The number of ether oxygens (including phenoxy) is 1. The van der Waals surface area contributed by atoms with E-state index in [-0.39, 0.29) is 12.5 Å². The molecule has 0 unspecified atom stereocenters. The fraction of sp³-hybridized carbons (Fsp3) is 0.167. The van der Waals surface area contributed by atoms with E-state index in [0.29, 0.717) is 33.4 Å². The Morgan fingerprint density at radius 3 is 2.53 bits per heavy atom.